The molecular formula is C11H14F3NO2. The molecule has 1 aromatic rings. The Morgan fingerprint density at radius 3 is 2.29 bits per heavy atom. The number of rotatable bonds is 4. The normalized spacial score (nSPS) is 11.2. The van der Waals surface area contributed by atoms with Crippen molar-refractivity contribution >= 4 is 5.69 Å². The molecule has 0 fully saturated rings. The maximum absolute atomic E-state index is 12.3. The summed E-state index contributed by atoms with van der Waals surface area (Å²) in [5.74, 6) is 0.877. The number of methoxy groups -OCH3 is 2. The smallest absolute Gasteiger partial charge is 0.405 e. The van der Waals surface area contributed by atoms with Crippen LogP contribution in [-0.4, -0.2) is 34.0 Å². The number of alkyl halides is 3. The van der Waals surface area contributed by atoms with Gasteiger partial charge >= 0.3 is 6.18 Å². The van der Waals surface area contributed by atoms with Gasteiger partial charge < -0.3 is 14.4 Å². The summed E-state index contributed by atoms with van der Waals surface area (Å²) in [4.78, 5) is 1.08. The van der Waals surface area contributed by atoms with Crippen LogP contribution in [0.1, 0.15) is 0 Å². The van der Waals surface area contributed by atoms with Gasteiger partial charge in [-0.3, -0.25) is 0 Å². The van der Waals surface area contributed by atoms with Crippen LogP contribution in [0.25, 0.3) is 0 Å². The third-order valence-corrected chi connectivity index (χ3v) is 2.21. The summed E-state index contributed by atoms with van der Waals surface area (Å²) in [7, 11) is 4.24. The van der Waals surface area contributed by atoms with Gasteiger partial charge in [-0.25, -0.2) is 0 Å². The van der Waals surface area contributed by atoms with Crippen molar-refractivity contribution in [1.29, 1.82) is 0 Å². The molecule has 0 amide bonds. The molecule has 6 heteroatoms. The molecule has 1 rings (SSSR count). The minimum absolute atomic E-state index is 0.344. The Morgan fingerprint density at radius 2 is 1.82 bits per heavy atom. The molecule has 0 atom stereocenters. The van der Waals surface area contributed by atoms with E-state index in [-0.39, 0.29) is 0 Å². The second-order valence-corrected chi connectivity index (χ2v) is 3.51. The Balaban J connectivity index is 2.96. The minimum atomic E-state index is -4.25. The Bertz CT molecular complexity index is 379. The van der Waals surface area contributed by atoms with Gasteiger partial charge in [0.25, 0.3) is 0 Å². The highest BCUT2D eigenvalue weighted by Crippen LogP contribution is 2.32. The molecule has 0 N–H and O–H groups in total. The maximum atomic E-state index is 12.3. The molecule has 17 heavy (non-hydrogen) atoms. The second-order valence-electron chi connectivity index (χ2n) is 3.51. The van der Waals surface area contributed by atoms with Crippen molar-refractivity contribution in [2.45, 2.75) is 6.18 Å². The molecular weight excluding hydrogens is 235 g/mol. The van der Waals surface area contributed by atoms with Crippen molar-refractivity contribution in [2.24, 2.45) is 0 Å². The van der Waals surface area contributed by atoms with Gasteiger partial charge in [0.2, 0.25) is 0 Å². The molecule has 0 saturated heterocycles. The topological polar surface area (TPSA) is 21.7 Å². The van der Waals surface area contributed by atoms with Crippen LogP contribution in [0.3, 0.4) is 0 Å². The number of hydrogen-bond acceptors (Lipinski definition) is 3. The molecule has 0 spiro atoms. The third-order valence-electron chi connectivity index (χ3n) is 2.21. The lowest BCUT2D eigenvalue weighted by atomic mass is 10.2. The zero-order chi connectivity index (χ0) is 13.1. The van der Waals surface area contributed by atoms with Crippen molar-refractivity contribution in [1.82, 2.24) is 0 Å². The van der Waals surface area contributed by atoms with Crippen molar-refractivity contribution in [2.75, 3.05) is 32.7 Å². The summed E-state index contributed by atoms with van der Waals surface area (Å²) in [6, 6.07) is 4.66. The van der Waals surface area contributed by atoms with Crippen molar-refractivity contribution in [3.8, 4) is 11.5 Å². The Kier molecular flexibility index (Phi) is 4.09. The predicted octanol–water partition coefficient (Wildman–Crippen LogP) is 2.70. The fraction of sp³-hybridized carbons (Fsp3) is 0.455. The molecule has 0 bridgehead atoms. The molecule has 0 aromatic heterocycles. The SMILES string of the molecule is COc1ccc(N(C)CC(F)(F)F)c(OC)c1. The van der Waals surface area contributed by atoms with Crippen LogP contribution in [0.4, 0.5) is 18.9 Å². The molecule has 0 aliphatic carbocycles. The van der Waals surface area contributed by atoms with Gasteiger partial charge in [-0.1, -0.05) is 0 Å². The van der Waals surface area contributed by atoms with E-state index in [9.17, 15) is 13.2 Å². The van der Waals surface area contributed by atoms with Crippen LogP contribution in [0.15, 0.2) is 18.2 Å². The van der Waals surface area contributed by atoms with E-state index >= 15 is 0 Å². The van der Waals surface area contributed by atoms with Crippen LogP contribution in [0.5, 0.6) is 11.5 Å². The third kappa shape index (κ3) is 3.72. The van der Waals surface area contributed by atoms with Crippen LogP contribution in [0, 0.1) is 0 Å². The standard InChI is InChI=1S/C11H14F3NO2/c1-15(7-11(12,13)14)9-5-4-8(16-2)6-10(9)17-3/h4-6H,7H2,1-3H3. The van der Waals surface area contributed by atoms with Crippen LogP contribution in [-0.2, 0) is 0 Å². The Morgan fingerprint density at radius 1 is 1.18 bits per heavy atom. The molecule has 96 valence electrons. The lowest BCUT2D eigenvalue weighted by molar-refractivity contribution is -0.119. The highest BCUT2D eigenvalue weighted by molar-refractivity contribution is 5.60. The van der Waals surface area contributed by atoms with Crippen molar-refractivity contribution < 1.29 is 22.6 Å². The van der Waals surface area contributed by atoms with Gasteiger partial charge in [-0.15, -0.1) is 0 Å². The zero-order valence-corrected chi connectivity index (χ0v) is 9.84. The molecule has 0 saturated carbocycles. The Hall–Kier alpha value is -1.59. The lowest BCUT2D eigenvalue weighted by Gasteiger charge is -2.23. The van der Waals surface area contributed by atoms with Gasteiger partial charge in [0.15, 0.2) is 0 Å². The molecule has 0 radical (unpaired) electrons. The van der Waals surface area contributed by atoms with Gasteiger partial charge in [0, 0.05) is 13.1 Å². The van der Waals surface area contributed by atoms with E-state index in [1.165, 1.54) is 27.3 Å². The molecule has 3 nitrogen and oxygen atoms in total. The molecule has 0 aliphatic rings. The van der Waals surface area contributed by atoms with Gasteiger partial charge in [-0.2, -0.15) is 13.2 Å². The maximum Gasteiger partial charge on any atom is 0.405 e. The van der Waals surface area contributed by atoms with Crippen LogP contribution >= 0.6 is 0 Å². The molecule has 1 aromatic carbocycles. The van der Waals surface area contributed by atoms with E-state index in [1.807, 2.05) is 0 Å². The van der Waals surface area contributed by atoms with Gasteiger partial charge in [-0.05, 0) is 12.1 Å². The van der Waals surface area contributed by atoms with Crippen LogP contribution in [0.2, 0.25) is 0 Å². The first-order valence-corrected chi connectivity index (χ1v) is 4.87. The Labute approximate surface area is 97.7 Å². The number of hydrogen-bond donors (Lipinski definition) is 0. The highest BCUT2D eigenvalue weighted by atomic mass is 19.4. The summed E-state index contributed by atoms with van der Waals surface area (Å²) >= 11 is 0. The number of anilines is 1. The summed E-state index contributed by atoms with van der Waals surface area (Å²) in [5, 5.41) is 0. The van der Waals surface area contributed by atoms with Gasteiger partial charge in [0.1, 0.15) is 18.0 Å². The lowest BCUT2D eigenvalue weighted by Crippen LogP contribution is -2.31. The van der Waals surface area contributed by atoms with Crippen LogP contribution < -0.4 is 14.4 Å². The van der Waals surface area contributed by atoms with E-state index < -0.39 is 12.7 Å². The quantitative estimate of drug-likeness (QED) is 0.819. The summed E-state index contributed by atoms with van der Waals surface area (Å²) in [6.07, 6.45) is -4.25. The van der Waals surface area contributed by atoms with E-state index in [2.05, 4.69) is 0 Å². The first-order valence-electron chi connectivity index (χ1n) is 4.87. The first-order chi connectivity index (χ1) is 7.87. The average molecular weight is 249 g/mol. The molecule has 0 heterocycles. The highest BCUT2D eigenvalue weighted by Gasteiger charge is 2.30. The zero-order valence-electron chi connectivity index (χ0n) is 9.84. The molecule has 0 unspecified atom stereocenters. The van der Waals surface area contributed by atoms with E-state index in [0.29, 0.717) is 17.2 Å². The van der Waals surface area contributed by atoms with Crippen molar-refractivity contribution in [3.63, 3.8) is 0 Å². The number of ether oxygens (including phenoxy) is 2. The summed E-state index contributed by atoms with van der Waals surface area (Å²) in [5.41, 5.74) is 0.366. The number of nitrogens with zero attached hydrogens (tertiary/aromatic N) is 1. The predicted molar refractivity (Wildman–Crippen MR) is 58.9 cm³/mol. The molecule has 0 aliphatic heterocycles. The number of benzene rings is 1. The average Bonchev–Trinajstić information content (AvgIpc) is 2.25. The van der Waals surface area contributed by atoms with E-state index in [0.717, 1.165) is 4.90 Å². The van der Waals surface area contributed by atoms with Crippen molar-refractivity contribution in [3.05, 3.63) is 18.2 Å². The largest absolute Gasteiger partial charge is 0.497 e. The van der Waals surface area contributed by atoms with E-state index in [4.69, 9.17) is 9.47 Å². The van der Waals surface area contributed by atoms with Gasteiger partial charge in [0.05, 0.1) is 19.9 Å². The monoisotopic (exact) mass is 249 g/mol. The fourth-order valence-electron chi connectivity index (χ4n) is 1.45. The minimum Gasteiger partial charge on any atom is -0.497 e. The first kappa shape index (κ1) is 13.5. The second kappa shape index (κ2) is 5.16. The summed E-state index contributed by atoms with van der Waals surface area (Å²) < 4.78 is 46.8. The summed E-state index contributed by atoms with van der Waals surface area (Å²) in [6.45, 7) is -1.03. The fourth-order valence-corrected chi connectivity index (χ4v) is 1.45. The number of halogens is 3. The van der Waals surface area contributed by atoms with E-state index in [1.54, 1.807) is 12.1 Å².